The number of rotatable bonds is 2. The summed E-state index contributed by atoms with van der Waals surface area (Å²) < 4.78 is 5.12. The number of aromatic nitrogens is 1. The Kier molecular flexibility index (Phi) is 2.56. The Morgan fingerprint density at radius 1 is 1.40 bits per heavy atom. The molecule has 0 saturated carbocycles. The molecule has 0 aliphatic rings. The molecule has 0 bridgehead atoms. The van der Waals surface area contributed by atoms with E-state index in [9.17, 15) is 5.11 Å². The van der Waals surface area contributed by atoms with Crippen molar-refractivity contribution in [1.82, 2.24) is 4.98 Å². The minimum absolute atomic E-state index is 0.216. The Hall–Kier alpha value is -1.61. The Balaban J connectivity index is 2.74. The molecule has 2 rings (SSSR count). The van der Waals surface area contributed by atoms with Gasteiger partial charge in [-0.3, -0.25) is 0 Å². The zero-order valence-corrected chi connectivity index (χ0v) is 8.82. The van der Waals surface area contributed by atoms with E-state index in [0.717, 1.165) is 16.6 Å². The number of phenolic OH excluding ortho intramolecular Hbond substituents is 1. The van der Waals surface area contributed by atoms with Gasteiger partial charge in [0.2, 0.25) is 0 Å². The molecule has 0 radical (unpaired) electrons. The topological polar surface area (TPSA) is 42.4 Å². The zero-order valence-electron chi connectivity index (χ0n) is 8.82. The van der Waals surface area contributed by atoms with Crippen LogP contribution in [0.1, 0.15) is 11.3 Å². The number of aromatic hydroxyl groups is 1. The van der Waals surface area contributed by atoms with Crippen LogP contribution in [0.5, 0.6) is 5.75 Å². The number of benzene rings is 1. The first kappa shape index (κ1) is 9.93. The minimum Gasteiger partial charge on any atom is -0.506 e. The lowest BCUT2D eigenvalue weighted by Gasteiger charge is -2.07. The molecule has 1 aromatic carbocycles. The molecule has 0 spiro atoms. The molecule has 3 heteroatoms. The summed E-state index contributed by atoms with van der Waals surface area (Å²) in [6.07, 6.45) is 0. The highest BCUT2D eigenvalue weighted by atomic mass is 16.5. The first-order chi connectivity index (χ1) is 7.22. The molecule has 1 N–H and O–H groups in total. The summed E-state index contributed by atoms with van der Waals surface area (Å²) in [6, 6.07) is 7.38. The van der Waals surface area contributed by atoms with Crippen molar-refractivity contribution in [2.24, 2.45) is 0 Å². The van der Waals surface area contributed by atoms with E-state index in [1.807, 2.05) is 25.1 Å². The van der Waals surface area contributed by atoms with Gasteiger partial charge in [0.15, 0.2) is 0 Å². The third-order valence-electron chi connectivity index (χ3n) is 2.33. The predicted octanol–water partition coefficient (Wildman–Crippen LogP) is 2.40. The van der Waals surface area contributed by atoms with E-state index in [4.69, 9.17) is 4.74 Å². The molecule has 2 aromatic rings. The summed E-state index contributed by atoms with van der Waals surface area (Å²) in [7, 11) is 1.66. The van der Waals surface area contributed by atoms with Gasteiger partial charge in [0, 0.05) is 18.2 Å². The molecular weight excluding hydrogens is 190 g/mol. The summed E-state index contributed by atoms with van der Waals surface area (Å²) in [5.74, 6) is 0.216. The largest absolute Gasteiger partial charge is 0.506 e. The first-order valence-electron chi connectivity index (χ1n) is 4.79. The van der Waals surface area contributed by atoms with E-state index in [2.05, 4.69) is 4.98 Å². The van der Waals surface area contributed by atoms with Crippen LogP contribution in [0.15, 0.2) is 24.3 Å². The quantitative estimate of drug-likeness (QED) is 0.814. The second-order valence-corrected chi connectivity index (χ2v) is 3.53. The van der Waals surface area contributed by atoms with Crippen molar-refractivity contribution in [3.63, 3.8) is 0 Å². The smallest absolute Gasteiger partial charge is 0.141 e. The van der Waals surface area contributed by atoms with Gasteiger partial charge in [-0.15, -0.1) is 0 Å². The van der Waals surface area contributed by atoms with Crippen molar-refractivity contribution < 1.29 is 9.84 Å². The second-order valence-electron chi connectivity index (χ2n) is 3.53. The van der Waals surface area contributed by atoms with Crippen LogP contribution in [0.4, 0.5) is 0 Å². The fourth-order valence-corrected chi connectivity index (χ4v) is 1.72. The van der Waals surface area contributed by atoms with Gasteiger partial charge >= 0.3 is 0 Å². The van der Waals surface area contributed by atoms with Crippen molar-refractivity contribution in [2.75, 3.05) is 7.11 Å². The van der Waals surface area contributed by atoms with Crippen molar-refractivity contribution in [3.05, 3.63) is 35.5 Å². The van der Waals surface area contributed by atoms with E-state index < -0.39 is 0 Å². The normalized spacial score (nSPS) is 10.8. The summed E-state index contributed by atoms with van der Waals surface area (Å²) in [5, 5.41) is 10.6. The lowest BCUT2D eigenvalue weighted by molar-refractivity contribution is 0.186. The van der Waals surface area contributed by atoms with E-state index >= 15 is 0 Å². The summed E-state index contributed by atoms with van der Waals surface area (Å²) in [5.41, 5.74) is 2.58. The average molecular weight is 203 g/mol. The number of nitrogens with zero attached hydrogens (tertiary/aromatic N) is 1. The minimum atomic E-state index is 0.216. The van der Waals surface area contributed by atoms with Crippen LogP contribution in [0.3, 0.4) is 0 Å². The predicted molar refractivity (Wildman–Crippen MR) is 58.9 cm³/mol. The van der Waals surface area contributed by atoms with Crippen LogP contribution in [-0.2, 0) is 11.3 Å². The van der Waals surface area contributed by atoms with Crippen LogP contribution >= 0.6 is 0 Å². The summed E-state index contributed by atoms with van der Waals surface area (Å²) in [6.45, 7) is 2.44. The molecular formula is C12H13NO2. The van der Waals surface area contributed by atoms with Gasteiger partial charge in [-0.25, -0.2) is 4.98 Å². The molecule has 0 atom stereocenters. The fourth-order valence-electron chi connectivity index (χ4n) is 1.72. The Bertz CT molecular complexity index is 494. The fraction of sp³-hybridized carbons (Fsp3) is 0.250. The Morgan fingerprint density at radius 3 is 2.93 bits per heavy atom. The number of ether oxygens (including phenoxy) is 1. The molecule has 0 amide bonds. The Labute approximate surface area is 88.3 Å². The molecule has 1 aromatic heterocycles. The maximum atomic E-state index is 9.69. The van der Waals surface area contributed by atoms with Gasteiger partial charge in [0.05, 0.1) is 6.61 Å². The number of hydrogen-bond acceptors (Lipinski definition) is 3. The van der Waals surface area contributed by atoms with E-state index in [0.29, 0.717) is 12.1 Å². The summed E-state index contributed by atoms with van der Waals surface area (Å²) in [4.78, 5) is 4.31. The lowest BCUT2D eigenvalue weighted by Crippen LogP contribution is -1.93. The number of pyridine rings is 1. The van der Waals surface area contributed by atoms with Gasteiger partial charge in [-0.2, -0.15) is 0 Å². The number of phenols is 1. The van der Waals surface area contributed by atoms with Gasteiger partial charge in [-0.05, 0) is 24.6 Å². The average Bonchev–Trinajstić information content (AvgIpc) is 2.20. The van der Waals surface area contributed by atoms with Crippen LogP contribution in [0.25, 0.3) is 10.9 Å². The lowest BCUT2D eigenvalue weighted by atomic mass is 10.1. The maximum Gasteiger partial charge on any atom is 0.141 e. The number of para-hydroxylation sites is 1. The van der Waals surface area contributed by atoms with Crippen LogP contribution in [0.2, 0.25) is 0 Å². The SMILES string of the molecule is COCc1cc(C)nc2c(O)cccc12. The maximum absolute atomic E-state index is 9.69. The molecule has 0 saturated heterocycles. The monoisotopic (exact) mass is 203 g/mol. The molecule has 3 nitrogen and oxygen atoms in total. The molecule has 78 valence electrons. The van der Waals surface area contributed by atoms with Crippen LogP contribution in [-0.4, -0.2) is 17.2 Å². The zero-order chi connectivity index (χ0) is 10.8. The van der Waals surface area contributed by atoms with Crippen LogP contribution in [0, 0.1) is 6.92 Å². The van der Waals surface area contributed by atoms with E-state index in [-0.39, 0.29) is 5.75 Å². The first-order valence-corrected chi connectivity index (χ1v) is 4.79. The number of methoxy groups -OCH3 is 1. The molecule has 1 heterocycles. The number of fused-ring (bicyclic) bond motifs is 1. The van der Waals surface area contributed by atoms with Gasteiger partial charge in [-0.1, -0.05) is 12.1 Å². The number of aryl methyl sites for hydroxylation is 1. The summed E-state index contributed by atoms with van der Waals surface area (Å²) >= 11 is 0. The standard InChI is InChI=1S/C12H13NO2/c1-8-6-9(7-15-2)10-4-3-5-11(14)12(10)13-8/h3-6,14H,7H2,1-2H3. The van der Waals surface area contributed by atoms with Crippen molar-refractivity contribution in [1.29, 1.82) is 0 Å². The van der Waals surface area contributed by atoms with Gasteiger partial charge in [0.1, 0.15) is 11.3 Å². The molecule has 0 fully saturated rings. The molecule has 15 heavy (non-hydrogen) atoms. The highest BCUT2D eigenvalue weighted by Gasteiger charge is 2.06. The van der Waals surface area contributed by atoms with E-state index in [1.54, 1.807) is 13.2 Å². The molecule has 0 aliphatic carbocycles. The highest BCUT2D eigenvalue weighted by Crippen LogP contribution is 2.26. The third-order valence-corrected chi connectivity index (χ3v) is 2.33. The van der Waals surface area contributed by atoms with Gasteiger partial charge < -0.3 is 9.84 Å². The third kappa shape index (κ3) is 1.78. The van der Waals surface area contributed by atoms with Crippen LogP contribution < -0.4 is 0 Å². The highest BCUT2D eigenvalue weighted by molar-refractivity contribution is 5.87. The van der Waals surface area contributed by atoms with Gasteiger partial charge in [0.25, 0.3) is 0 Å². The number of hydrogen-bond donors (Lipinski definition) is 1. The second kappa shape index (κ2) is 3.87. The molecule has 0 unspecified atom stereocenters. The van der Waals surface area contributed by atoms with Crippen molar-refractivity contribution in [2.45, 2.75) is 13.5 Å². The molecule has 0 aliphatic heterocycles. The Morgan fingerprint density at radius 2 is 2.20 bits per heavy atom. The van der Waals surface area contributed by atoms with Crippen molar-refractivity contribution >= 4 is 10.9 Å². The van der Waals surface area contributed by atoms with E-state index in [1.165, 1.54) is 0 Å². The van der Waals surface area contributed by atoms with Crippen molar-refractivity contribution in [3.8, 4) is 5.75 Å².